The number of rotatable bonds is 0. The molecule has 0 unspecified atom stereocenters. The maximum Gasteiger partial charge on any atom is 0.0727 e. The number of nitrogen functional groups attached to an aromatic ring is 1. The molecular formula is C13H14BrClN2. The summed E-state index contributed by atoms with van der Waals surface area (Å²) in [5.41, 5.74) is 10.7. The third-order valence-electron chi connectivity index (χ3n) is 3.27. The van der Waals surface area contributed by atoms with Crippen LogP contribution in [-0.2, 0) is 12.8 Å². The molecule has 1 aliphatic carbocycles. The van der Waals surface area contributed by atoms with Crippen LogP contribution in [0.4, 0.5) is 5.69 Å². The van der Waals surface area contributed by atoms with Crippen molar-refractivity contribution in [3.8, 4) is 0 Å². The Morgan fingerprint density at radius 3 is 2.76 bits per heavy atom. The minimum absolute atomic E-state index is 0. The van der Waals surface area contributed by atoms with E-state index in [2.05, 4.69) is 22.0 Å². The SMILES string of the molecule is Cl.Nc1c2c(nc3ccc(Br)cc13)CCCC2. The van der Waals surface area contributed by atoms with Crippen molar-refractivity contribution in [2.45, 2.75) is 25.7 Å². The number of anilines is 1. The molecule has 1 aromatic heterocycles. The van der Waals surface area contributed by atoms with Gasteiger partial charge in [0.05, 0.1) is 5.52 Å². The average Bonchev–Trinajstić information content (AvgIpc) is 2.31. The number of nitrogens with two attached hydrogens (primary N) is 1. The van der Waals surface area contributed by atoms with Crippen LogP contribution in [0.25, 0.3) is 10.9 Å². The number of aryl methyl sites for hydroxylation is 1. The highest BCUT2D eigenvalue weighted by Gasteiger charge is 2.16. The zero-order chi connectivity index (χ0) is 11.1. The largest absolute Gasteiger partial charge is 0.398 e. The highest BCUT2D eigenvalue weighted by Crippen LogP contribution is 2.32. The molecule has 0 atom stereocenters. The van der Waals surface area contributed by atoms with Gasteiger partial charge in [0.25, 0.3) is 0 Å². The molecule has 2 aromatic rings. The van der Waals surface area contributed by atoms with Crippen LogP contribution in [0.5, 0.6) is 0 Å². The summed E-state index contributed by atoms with van der Waals surface area (Å²) in [6.45, 7) is 0. The van der Waals surface area contributed by atoms with Gasteiger partial charge in [-0.3, -0.25) is 4.98 Å². The van der Waals surface area contributed by atoms with Crippen molar-refractivity contribution in [3.63, 3.8) is 0 Å². The summed E-state index contributed by atoms with van der Waals surface area (Å²) in [4.78, 5) is 4.72. The van der Waals surface area contributed by atoms with Crippen molar-refractivity contribution < 1.29 is 0 Å². The molecule has 0 radical (unpaired) electrons. The molecule has 1 heterocycles. The summed E-state index contributed by atoms with van der Waals surface area (Å²) in [6, 6.07) is 6.11. The van der Waals surface area contributed by atoms with E-state index in [0.29, 0.717) is 0 Å². The quantitative estimate of drug-likeness (QED) is 0.801. The summed E-state index contributed by atoms with van der Waals surface area (Å²) in [5, 5.41) is 1.08. The fourth-order valence-corrected chi connectivity index (χ4v) is 2.79. The second-order valence-electron chi connectivity index (χ2n) is 4.32. The normalized spacial score (nSPS) is 14.2. The number of halogens is 2. The van der Waals surface area contributed by atoms with E-state index in [1.165, 1.54) is 24.1 Å². The van der Waals surface area contributed by atoms with E-state index in [0.717, 1.165) is 33.9 Å². The van der Waals surface area contributed by atoms with Gasteiger partial charge in [-0.2, -0.15) is 0 Å². The predicted octanol–water partition coefficient (Wildman–Crippen LogP) is 3.88. The van der Waals surface area contributed by atoms with E-state index in [-0.39, 0.29) is 12.4 Å². The summed E-state index contributed by atoms with van der Waals surface area (Å²) >= 11 is 3.48. The Morgan fingerprint density at radius 2 is 1.94 bits per heavy atom. The third kappa shape index (κ3) is 2.14. The molecular weight excluding hydrogens is 300 g/mol. The fourth-order valence-electron chi connectivity index (χ4n) is 2.43. The lowest BCUT2D eigenvalue weighted by atomic mass is 9.93. The summed E-state index contributed by atoms with van der Waals surface area (Å²) < 4.78 is 1.06. The van der Waals surface area contributed by atoms with E-state index in [1.807, 2.05) is 12.1 Å². The van der Waals surface area contributed by atoms with Crippen LogP contribution in [-0.4, -0.2) is 4.98 Å². The molecule has 0 saturated heterocycles. The van der Waals surface area contributed by atoms with E-state index in [9.17, 15) is 0 Å². The second kappa shape index (κ2) is 4.83. The Kier molecular flexibility index (Phi) is 3.59. The molecule has 1 aromatic carbocycles. The standard InChI is InChI=1S/C13H13BrN2.ClH/c14-8-5-6-12-10(7-8)13(15)9-3-1-2-4-11(9)16-12;/h5-7H,1-4H2,(H2,15,16);1H. The number of hydrogen-bond acceptors (Lipinski definition) is 2. The maximum atomic E-state index is 6.25. The Morgan fingerprint density at radius 1 is 1.18 bits per heavy atom. The van der Waals surface area contributed by atoms with Crippen molar-refractivity contribution in [2.75, 3.05) is 5.73 Å². The number of nitrogens with zero attached hydrogens (tertiary/aromatic N) is 1. The maximum absolute atomic E-state index is 6.25. The molecule has 17 heavy (non-hydrogen) atoms. The molecule has 0 saturated carbocycles. The van der Waals surface area contributed by atoms with E-state index >= 15 is 0 Å². The smallest absolute Gasteiger partial charge is 0.0727 e. The van der Waals surface area contributed by atoms with Crippen molar-refractivity contribution in [3.05, 3.63) is 33.9 Å². The first-order chi connectivity index (χ1) is 7.75. The van der Waals surface area contributed by atoms with Crippen LogP contribution in [0.15, 0.2) is 22.7 Å². The number of fused-ring (bicyclic) bond motifs is 2. The van der Waals surface area contributed by atoms with Gasteiger partial charge >= 0.3 is 0 Å². The van der Waals surface area contributed by atoms with Gasteiger partial charge in [0, 0.05) is 21.2 Å². The number of benzene rings is 1. The first-order valence-corrected chi connectivity index (χ1v) is 6.41. The molecule has 0 fully saturated rings. The fraction of sp³-hybridized carbons (Fsp3) is 0.308. The Hall–Kier alpha value is -0.800. The van der Waals surface area contributed by atoms with E-state index in [4.69, 9.17) is 10.7 Å². The molecule has 0 aliphatic heterocycles. The van der Waals surface area contributed by atoms with Crippen LogP contribution in [0, 0.1) is 0 Å². The Bertz CT molecular complexity index is 569. The molecule has 3 rings (SSSR count). The number of hydrogen-bond donors (Lipinski definition) is 1. The van der Waals surface area contributed by atoms with Crippen LogP contribution >= 0.6 is 28.3 Å². The third-order valence-corrected chi connectivity index (χ3v) is 3.76. The molecule has 0 bridgehead atoms. The van der Waals surface area contributed by atoms with Gasteiger partial charge in [-0.25, -0.2) is 0 Å². The summed E-state index contributed by atoms with van der Waals surface area (Å²) in [5.74, 6) is 0. The van der Waals surface area contributed by atoms with Crippen molar-refractivity contribution >= 4 is 44.9 Å². The summed E-state index contributed by atoms with van der Waals surface area (Å²) in [7, 11) is 0. The van der Waals surface area contributed by atoms with Crippen LogP contribution in [0.2, 0.25) is 0 Å². The van der Waals surface area contributed by atoms with Crippen LogP contribution < -0.4 is 5.73 Å². The van der Waals surface area contributed by atoms with E-state index in [1.54, 1.807) is 0 Å². The first-order valence-electron chi connectivity index (χ1n) is 5.62. The van der Waals surface area contributed by atoms with Gasteiger partial charge in [0.1, 0.15) is 0 Å². The minimum atomic E-state index is 0. The molecule has 4 heteroatoms. The van der Waals surface area contributed by atoms with Gasteiger partial charge in [-0.15, -0.1) is 12.4 Å². The molecule has 90 valence electrons. The lowest BCUT2D eigenvalue weighted by molar-refractivity contribution is 0.673. The van der Waals surface area contributed by atoms with Crippen LogP contribution in [0.3, 0.4) is 0 Å². The topological polar surface area (TPSA) is 38.9 Å². The first kappa shape index (κ1) is 12.7. The lowest BCUT2D eigenvalue weighted by Gasteiger charge is -2.18. The zero-order valence-electron chi connectivity index (χ0n) is 9.37. The number of aromatic nitrogens is 1. The van der Waals surface area contributed by atoms with Crippen molar-refractivity contribution in [2.24, 2.45) is 0 Å². The lowest BCUT2D eigenvalue weighted by Crippen LogP contribution is -2.09. The molecule has 2 N–H and O–H groups in total. The molecule has 0 spiro atoms. The van der Waals surface area contributed by atoms with Crippen molar-refractivity contribution in [1.29, 1.82) is 0 Å². The minimum Gasteiger partial charge on any atom is -0.398 e. The number of pyridine rings is 1. The van der Waals surface area contributed by atoms with Gasteiger partial charge in [0.2, 0.25) is 0 Å². The second-order valence-corrected chi connectivity index (χ2v) is 5.23. The predicted molar refractivity (Wildman–Crippen MR) is 77.7 cm³/mol. The van der Waals surface area contributed by atoms with Crippen molar-refractivity contribution in [1.82, 2.24) is 4.98 Å². The molecule has 0 amide bonds. The van der Waals surface area contributed by atoms with Crippen LogP contribution in [0.1, 0.15) is 24.1 Å². The van der Waals surface area contributed by atoms with Gasteiger partial charge < -0.3 is 5.73 Å². The molecule has 1 aliphatic rings. The average molecular weight is 314 g/mol. The highest BCUT2D eigenvalue weighted by molar-refractivity contribution is 9.10. The monoisotopic (exact) mass is 312 g/mol. The highest BCUT2D eigenvalue weighted by atomic mass is 79.9. The van der Waals surface area contributed by atoms with Gasteiger partial charge in [0.15, 0.2) is 0 Å². The van der Waals surface area contributed by atoms with Gasteiger partial charge in [-0.05, 0) is 49.4 Å². The summed E-state index contributed by atoms with van der Waals surface area (Å²) in [6.07, 6.45) is 4.63. The van der Waals surface area contributed by atoms with Gasteiger partial charge in [-0.1, -0.05) is 15.9 Å². The molecule has 2 nitrogen and oxygen atoms in total. The zero-order valence-corrected chi connectivity index (χ0v) is 11.8. The van der Waals surface area contributed by atoms with E-state index < -0.39 is 0 Å². The Balaban J connectivity index is 0.00000108. The Labute approximate surface area is 115 Å².